The molecule has 136 valence electrons. The van der Waals surface area contributed by atoms with Gasteiger partial charge in [0.2, 0.25) is 0 Å². The minimum absolute atomic E-state index is 0.631. The summed E-state index contributed by atoms with van der Waals surface area (Å²) >= 11 is 6.43. The van der Waals surface area contributed by atoms with Crippen molar-refractivity contribution in [3.63, 3.8) is 0 Å². The van der Waals surface area contributed by atoms with E-state index in [1.807, 2.05) is 30.3 Å². The van der Waals surface area contributed by atoms with Crippen molar-refractivity contribution in [2.24, 2.45) is 5.92 Å². The van der Waals surface area contributed by atoms with E-state index in [4.69, 9.17) is 16.3 Å². The van der Waals surface area contributed by atoms with Crippen LogP contribution in [0.1, 0.15) is 37.7 Å². The second-order valence-electron chi connectivity index (χ2n) is 7.08. The van der Waals surface area contributed by atoms with Crippen LogP contribution in [0.2, 0.25) is 5.02 Å². The minimum atomic E-state index is 0.631. The first-order valence-corrected chi connectivity index (χ1v) is 9.76. The number of aromatic amines is 1. The number of fused-ring (bicyclic) bond motifs is 1. The Balaban J connectivity index is 1.35. The van der Waals surface area contributed by atoms with Crippen LogP contribution in [0.4, 0.5) is 0 Å². The third-order valence-corrected chi connectivity index (χ3v) is 5.40. The van der Waals surface area contributed by atoms with Crippen molar-refractivity contribution in [3.05, 3.63) is 53.3 Å². The van der Waals surface area contributed by atoms with E-state index in [1.165, 1.54) is 37.7 Å². The van der Waals surface area contributed by atoms with Gasteiger partial charge in [0.05, 0.1) is 22.4 Å². The van der Waals surface area contributed by atoms with Gasteiger partial charge in [0.25, 0.3) is 0 Å². The summed E-state index contributed by atoms with van der Waals surface area (Å²) in [5.74, 6) is 2.24. The molecule has 4 nitrogen and oxygen atoms in total. The lowest BCUT2D eigenvalue weighted by Gasteiger charge is -2.21. The van der Waals surface area contributed by atoms with Crippen LogP contribution in [0.15, 0.2) is 42.7 Å². The van der Waals surface area contributed by atoms with E-state index < -0.39 is 0 Å². The predicted octanol–water partition coefficient (Wildman–Crippen LogP) is 5.68. The van der Waals surface area contributed by atoms with Crippen LogP contribution in [0.5, 0.6) is 11.5 Å². The fraction of sp³-hybridized carbons (Fsp3) is 0.381. The van der Waals surface area contributed by atoms with E-state index >= 15 is 0 Å². The molecule has 0 saturated heterocycles. The molecule has 0 unspecified atom stereocenters. The number of H-pyrrole nitrogens is 1. The number of rotatable bonds is 6. The maximum absolute atomic E-state index is 6.43. The van der Waals surface area contributed by atoms with Crippen molar-refractivity contribution < 1.29 is 4.74 Å². The highest BCUT2D eigenvalue weighted by Gasteiger charge is 2.13. The fourth-order valence-corrected chi connectivity index (χ4v) is 3.90. The van der Waals surface area contributed by atoms with Crippen LogP contribution in [0.25, 0.3) is 11.0 Å². The van der Waals surface area contributed by atoms with Gasteiger partial charge in [0, 0.05) is 12.6 Å². The lowest BCUT2D eigenvalue weighted by atomic mass is 9.89. The molecule has 1 fully saturated rings. The Kier molecular flexibility index (Phi) is 5.42. The fourth-order valence-electron chi connectivity index (χ4n) is 3.65. The Bertz CT molecular complexity index is 871. The van der Waals surface area contributed by atoms with E-state index in [9.17, 15) is 0 Å². The van der Waals surface area contributed by atoms with Gasteiger partial charge in [-0.1, -0.05) is 36.9 Å². The molecule has 0 spiro atoms. The quantitative estimate of drug-likeness (QED) is 0.587. The third-order valence-electron chi connectivity index (χ3n) is 5.10. The average Bonchev–Trinajstić information content (AvgIpc) is 3.13. The van der Waals surface area contributed by atoms with Crippen molar-refractivity contribution in [3.8, 4) is 11.5 Å². The number of hydrogen-bond acceptors (Lipinski definition) is 3. The summed E-state index contributed by atoms with van der Waals surface area (Å²) in [6.07, 6.45) is 8.57. The first-order valence-electron chi connectivity index (χ1n) is 9.38. The summed E-state index contributed by atoms with van der Waals surface area (Å²) in [4.78, 5) is 7.30. The summed E-state index contributed by atoms with van der Waals surface area (Å²) in [6, 6.07) is 11.8. The van der Waals surface area contributed by atoms with Gasteiger partial charge in [-0.2, -0.15) is 0 Å². The van der Waals surface area contributed by atoms with Crippen LogP contribution in [0, 0.1) is 5.92 Å². The molecule has 1 saturated carbocycles. The van der Waals surface area contributed by atoms with E-state index in [-0.39, 0.29) is 0 Å². The maximum atomic E-state index is 6.43. The molecule has 0 aliphatic heterocycles. The van der Waals surface area contributed by atoms with E-state index in [2.05, 4.69) is 21.4 Å². The summed E-state index contributed by atoms with van der Waals surface area (Å²) in [6.45, 7) is 1.94. The molecule has 2 N–H and O–H groups in total. The second kappa shape index (κ2) is 8.11. The molecule has 0 amide bonds. The van der Waals surface area contributed by atoms with Crippen LogP contribution in [-0.4, -0.2) is 16.5 Å². The van der Waals surface area contributed by atoms with Crippen LogP contribution >= 0.6 is 11.6 Å². The Morgan fingerprint density at radius 3 is 2.85 bits per heavy atom. The number of benzene rings is 2. The first kappa shape index (κ1) is 17.4. The van der Waals surface area contributed by atoms with Gasteiger partial charge >= 0.3 is 0 Å². The summed E-state index contributed by atoms with van der Waals surface area (Å²) in [5.41, 5.74) is 3.05. The largest absolute Gasteiger partial charge is 0.456 e. The standard InChI is InChI=1S/C21H24ClN3O/c22-18-10-16(13-23-12-15-4-2-1-3-5-15)6-9-21(18)26-17-7-8-19-20(11-17)25-14-24-19/h6-11,14-15,23H,1-5,12-13H2,(H,24,25). The van der Waals surface area contributed by atoms with E-state index in [1.54, 1.807) is 6.33 Å². The van der Waals surface area contributed by atoms with E-state index in [0.29, 0.717) is 10.8 Å². The van der Waals surface area contributed by atoms with E-state index in [0.717, 1.165) is 35.8 Å². The third kappa shape index (κ3) is 4.19. The van der Waals surface area contributed by atoms with Gasteiger partial charge < -0.3 is 15.0 Å². The number of nitrogens with zero attached hydrogens (tertiary/aromatic N) is 1. The first-order chi connectivity index (χ1) is 12.8. The van der Waals surface area contributed by atoms with Crippen molar-refractivity contribution >= 4 is 22.6 Å². The molecular formula is C21H24ClN3O. The number of hydrogen-bond donors (Lipinski definition) is 2. The molecule has 2 aromatic carbocycles. The molecule has 3 aromatic rings. The van der Waals surface area contributed by atoms with Crippen LogP contribution in [0.3, 0.4) is 0 Å². The van der Waals surface area contributed by atoms with Crippen LogP contribution in [-0.2, 0) is 6.54 Å². The van der Waals surface area contributed by atoms with Crippen molar-refractivity contribution in [1.82, 2.24) is 15.3 Å². The zero-order valence-corrected chi connectivity index (χ0v) is 15.6. The van der Waals surface area contributed by atoms with Crippen molar-refractivity contribution in [2.45, 2.75) is 38.6 Å². The van der Waals surface area contributed by atoms with Gasteiger partial charge in [-0.25, -0.2) is 4.98 Å². The van der Waals surface area contributed by atoms with Crippen molar-refractivity contribution in [2.75, 3.05) is 6.54 Å². The number of halogens is 1. The van der Waals surface area contributed by atoms with Gasteiger partial charge in [0.1, 0.15) is 11.5 Å². The van der Waals surface area contributed by atoms with Gasteiger partial charge in [0.15, 0.2) is 0 Å². The molecule has 1 heterocycles. The SMILES string of the molecule is Clc1cc(CNCC2CCCCC2)ccc1Oc1ccc2nc[nH]c2c1. The minimum Gasteiger partial charge on any atom is -0.456 e. The summed E-state index contributed by atoms with van der Waals surface area (Å²) in [7, 11) is 0. The molecule has 0 bridgehead atoms. The molecule has 0 atom stereocenters. The van der Waals surface area contributed by atoms with Gasteiger partial charge in [-0.3, -0.25) is 0 Å². The van der Waals surface area contributed by atoms with Gasteiger partial charge in [-0.05, 0) is 55.1 Å². The smallest absolute Gasteiger partial charge is 0.146 e. The Labute approximate surface area is 158 Å². The van der Waals surface area contributed by atoms with Crippen molar-refractivity contribution in [1.29, 1.82) is 0 Å². The highest BCUT2D eigenvalue weighted by atomic mass is 35.5. The van der Waals surface area contributed by atoms with Crippen LogP contribution < -0.4 is 10.1 Å². The lowest BCUT2D eigenvalue weighted by Crippen LogP contribution is -2.24. The molecule has 4 rings (SSSR count). The monoisotopic (exact) mass is 369 g/mol. The Morgan fingerprint density at radius 1 is 1.12 bits per heavy atom. The topological polar surface area (TPSA) is 49.9 Å². The zero-order valence-electron chi connectivity index (χ0n) is 14.8. The molecule has 1 aliphatic carbocycles. The maximum Gasteiger partial charge on any atom is 0.146 e. The average molecular weight is 370 g/mol. The highest BCUT2D eigenvalue weighted by molar-refractivity contribution is 6.32. The molecule has 26 heavy (non-hydrogen) atoms. The molecule has 1 aliphatic rings. The number of ether oxygens (including phenoxy) is 1. The summed E-state index contributed by atoms with van der Waals surface area (Å²) in [5, 5.41) is 4.21. The zero-order chi connectivity index (χ0) is 17.8. The lowest BCUT2D eigenvalue weighted by molar-refractivity contribution is 0.342. The number of imidazole rings is 1. The normalized spacial score (nSPS) is 15.4. The van der Waals surface area contributed by atoms with Gasteiger partial charge in [-0.15, -0.1) is 0 Å². The summed E-state index contributed by atoms with van der Waals surface area (Å²) < 4.78 is 5.94. The Hall–Kier alpha value is -2.04. The predicted molar refractivity (Wildman–Crippen MR) is 106 cm³/mol. The molecule has 5 heteroatoms. The number of aromatic nitrogens is 2. The highest BCUT2D eigenvalue weighted by Crippen LogP contribution is 2.31. The Morgan fingerprint density at radius 2 is 2.00 bits per heavy atom. The molecule has 0 radical (unpaired) electrons. The molecular weight excluding hydrogens is 346 g/mol. The molecule has 1 aromatic heterocycles. The second-order valence-corrected chi connectivity index (χ2v) is 7.49. The number of nitrogens with one attached hydrogen (secondary N) is 2.